The predicted molar refractivity (Wildman–Crippen MR) is 169 cm³/mol. The van der Waals surface area contributed by atoms with E-state index in [1.807, 2.05) is 4.90 Å². The summed E-state index contributed by atoms with van der Waals surface area (Å²) in [5, 5.41) is 7.73. The number of hydrogen-bond donors (Lipinski definition) is 2. The van der Waals surface area contributed by atoms with Gasteiger partial charge in [0.2, 0.25) is 10.0 Å². The van der Waals surface area contributed by atoms with Crippen LogP contribution in [0, 0.1) is 0 Å². The van der Waals surface area contributed by atoms with Crippen molar-refractivity contribution in [2.45, 2.75) is 58.7 Å². The van der Waals surface area contributed by atoms with E-state index in [1.165, 1.54) is 33.8 Å². The fourth-order valence-corrected chi connectivity index (χ4v) is 5.57. The number of aromatic nitrogens is 3. The molecule has 244 valence electrons. The zero-order valence-electron chi connectivity index (χ0n) is 26.2. The van der Waals surface area contributed by atoms with Gasteiger partial charge in [-0.25, -0.2) is 27.5 Å². The van der Waals surface area contributed by atoms with Crippen LogP contribution in [0.1, 0.15) is 73.5 Å². The Morgan fingerprint density at radius 2 is 1.91 bits per heavy atom. The fourth-order valence-electron chi connectivity index (χ4n) is 4.82. The number of hydrogen-bond acceptors (Lipinski definition) is 10. The third kappa shape index (κ3) is 8.34. The highest BCUT2D eigenvalue weighted by Crippen LogP contribution is 2.29. The number of anilines is 2. The van der Waals surface area contributed by atoms with Crippen LogP contribution in [0.15, 0.2) is 30.5 Å². The molecule has 14 nitrogen and oxygen atoms in total. The Morgan fingerprint density at radius 3 is 2.56 bits per heavy atom. The molecule has 2 atom stereocenters. The number of halogens is 1. The summed E-state index contributed by atoms with van der Waals surface area (Å²) in [4.78, 5) is 46.9. The number of esters is 1. The molecule has 1 aliphatic rings. The maximum atomic E-state index is 13.5. The van der Waals surface area contributed by atoms with Crippen LogP contribution in [0.3, 0.4) is 0 Å². The maximum absolute atomic E-state index is 13.5. The molecule has 45 heavy (non-hydrogen) atoms. The number of rotatable bonds is 9. The van der Waals surface area contributed by atoms with Crippen LogP contribution in [0.4, 0.5) is 16.3 Å². The molecule has 0 spiro atoms. The summed E-state index contributed by atoms with van der Waals surface area (Å²) in [7, 11) is -2.10. The van der Waals surface area contributed by atoms with Crippen LogP contribution in [-0.2, 0) is 19.5 Å². The van der Waals surface area contributed by atoms with Gasteiger partial charge in [0.1, 0.15) is 17.0 Å². The largest absolute Gasteiger partial charge is 0.462 e. The number of amides is 2. The molecular weight excluding hydrogens is 626 g/mol. The Kier molecular flexibility index (Phi) is 9.82. The number of carbonyl (C=O) groups is 3. The highest BCUT2D eigenvalue weighted by Gasteiger charge is 2.31. The third-order valence-electron chi connectivity index (χ3n) is 6.99. The van der Waals surface area contributed by atoms with E-state index in [0.29, 0.717) is 36.7 Å². The van der Waals surface area contributed by atoms with Gasteiger partial charge in [-0.3, -0.25) is 9.52 Å². The van der Waals surface area contributed by atoms with Gasteiger partial charge in [0, 0.05) is 37.4 Å². The van der Waals surface area contributed by atoms with Gasteiger partial charge in [0.25, 0.3) is 5.91 Å². The van der Waals surface area contributed by atoms with Gasteiger partial charge in [-0.15, -0.1) is 0 Å². The lowest BCUT2D eigenvalue weighted by atomic mass is 10.1. The lowest BCUT2D eigenvalue weighted by Crippen LogP contribution is -2.40. The number of alkyl carbamates (subject to hydrolysis) is 1. The van der Waals surface area contributed by atoms with E-state index in [9.17, 15) is 22.8 Å². The average molecular weight is 664 g/mol. The van der Waals surface area contributed by atoms with Gasteiger partial charge in [0.15, 0.2) is 5.65 Å². The van der Waals surface area contributed by atoms with E-state index in [0.717, 1.165) is 6.26 Å². The molecule has 4 rings (SSSR count). The van der Waals surface area contributed by atoms with Gasteiger partial charge in [-0.2, -0.15) is 5.10 Å². The van der Waals surface area contributed by atoms with Gasteiger partial charge < -0.3 is 24.6 Å². The number of ether oxygens (including phenoxy) is 2. The second-order valence-electron chi connectivity index (χ2n) is 11.8. The second kappa shape index (κ2) is 13.1. The summed E-state index contributed by atoms with van der Waals surface area (Å²) in [5.74, 6) is -0.683. The Hall–Kier alpha value is -4.11. The van der Waals surface area contributed by atoms with E-state index in [4.69, 9.17) is 26.1 Å². The molecule has 1 saturated heterocycles. The first kappa shape index (κ1) is 33.8. The van der Waals surface area contributed by atoms with E-state index in [-0.39, 0.29) is 34.5 Å². The number of benzene rings is 1. The topological polar surface area (TPSA) is 165 Å². The lowest BCUT2D eigenvalue weighted by Gasteiger charge is -2.24. The fraction of sp³-hybridized carbons (Fsp3) is 0.483. The van der Waals surface area contributed by atoms with Crippen LogP contribution >= 0.6 is 11.6 Å². The minimum atomic E-state index is -3.66. The summed E-state index contributed by atoms with van der Waals surface area (Å²) in [6.45, 7) is 9.91. The highest BCUT2D eigenvalue weighted by molar-refractivity contribution is 7.92. The van der Waals surface area contributed by atoms with Gasteiger partial charge in [-0.1, -0.05) is 11.6 Å². The van der Waals surface area contributed by atoms with Gasteiger partial charge in [0.05, 0.1) is 41.9 Å². The average Bonchev–Trinajstić information content (AvgIpc) is 3.57. The summed E-state index contributed by atoms with van der Waals surface area (Å²) in [6, 6.07) is 5.19. The number of fused-ring (bicyclic) bond motifs is 1. The quantitative estimate of drug-likeness (QED) is 0.321. The molecule has 1 fully saturated rings. The molecule has 3 aromatic rings. The smallest absolute Gasteiger partial charge is 0.407 e. The number of nitrogens with one attached hydrogen (secondary N) is 2. The summed E-state index contributed by atoms with van der Waals surface area (Å²) in [5.41, 5.74) is 0.619. The molecule has 0 radical (unpaired) electrons. The number of nitrogens with zero attached hydrogens (tertiary/aromatic N) is 5. The molecule has 0 unspecified atom stereocenters. The highest BCUT2D eigenvalue weighted by atomic mass is 35.5. The van der Waals surface area contributed by atoms with Crippen molar-refractivity contribution in [3.63, 3.8) is 0 Å². The zero-order valence-corrected chi connectivity index (χ0v) is 27.8. The van der Waals surface area contributed by atoms with Crippen LogP contribution in [0.2, 0.25) is 5.02 Å². The van der Waals surface area contributed by atoms with Crippen molar-refractivity contribution in [1.29, 1.82) is 0 Å². The molecule has 1 aromatic carbocycles. The minimum Gasteiger partial charge on any atom is -0.462 e. The standard InChI is InChI=1S/C29H38ClN7O7S/c1-8-43-27(39)21-16-37-24(32-25(21)36-12-11-19(15-36)31-28(40)44-29(3,4)5)14-23(33-37)17(2)35(6)26(38)20-13-18(30)9-10-22(20)34-45(7,41)42/h9-10,13-14,16-17,19,34H,8,11-12,15H2,1-7H3,(H,31,40)/t17-,19-/m0/s1. The Morgan fingerprint density at radius 1 is 1.20 bits per heavy atom. The first-order chi connectivity index (χ1) is 21.0. The van der Waals surface area contributed by atoms with Crippen LogP contribution in [0.5, 0.6) is 0 Å². The molecule has 2 N–H and O–H groups in total. The SMILES string of the molecule is CCOC(=O)c1cn2nc([C@H](C)N(C)C(=O)c3cc(Cl)ccc3NS(C)(=O)=O)cc2nc1N1CC[C@H](NC(=O)OC(C)(C)C)C1. The molecule has 1 aliphatic heterocycles. The van der Waals surface area contributed by atoms with Crippen LogP contribution in [-0.4, -0.2) is 90.5 Å². The molecule has 2 amide bonds. The molecular formula is C29H38ClN7O7S. The molecule has 16 heteroatoms. The van der Waals surface area contributed by atoms with Crippen LogP contribution in [0.25, 0.3) is 5.65 Å². The number of sulfonamides is 1. The van der Waals surface area contributed by atoms with E-state index in [2.05, 4.69) is 15.1 Å². The third-order valence-corrected chi connectivity index (χ3v) is 7.81. The van der Waals surface area contributed by atoms with E-state index in [1.54, 1.807) is 47.7 Å². The molecule has 0 aliphatic carbocycles. The van der Waals surface area contributed by atoms with Crippen molar-refractivity contribution in [3.05, 3.63) is 52.3 Å². The second-order valence-corrected chi connectivity index (χ2v) is 14.0. The van der Waals surface area contributed by atoms with Crippen molar-refractivity contribution in [2.75, 3.05) is 42.6 Å². The number of carbonyl (C=O) groups excluding carboxylic acids is 3. The van der Waals surface area contributed by atoms with Crippen molar-refractivity contribution in [3.8, 4) is 0 Å². The van der Waals surface area contributed by atoms with Crippen molar-refractivity contribution in [2.24, 2.45) is 0 Å². The van der Waals surface area contributed by atoms with Crippen molar-refractivity contribution < 1.29 is 32.3 Å². The Labute approximate surface area is 267 Å². The Balaban J connectivity index is 1.62. The first-order valence-electron chi connectivity index (χ1n) is 14.3. The molecule has 0 bridgehead atoms. The van der Waals surface area contributed by atoms with Crippen molar-refractivity contribution >= 4 is 56.7 Å². The monoisotopic (exact) mass is 663 g/mol. The van der Waals surface area contributed by atoms with Crippen LogP contribution < -0.4 is 14.9 Å². The summed E-state index contributed by atoms with van der Waals surface area (Å²) >= 11 is 6.14. The molecule has 3 heterocycles. The predicted octanol–water partition coefficient (Wildman–Crippen LogP) is 3.87. The summed E-state index contributed by atoms with van der Waals surface area (Å²) in [6.07, 6.45) is 2.62. The van der Waals surface area contributed by atoms with E-state index >= 15 is 0 Å². The normalized spacial score (nSPS) is 15.9. The first-order valence-corrected chi connectivity index (χ1v) is 16.6. The van der Waals surface area contributed by atoms with E-state index < -0.39 is 39.6 Å². The van der Waals surface area contributed by atoms with Gasteiger partial charge in [-0.05, 0) is 59.2 Å². The molecule has 0 saturated carbocycles. The zero-order chi connectivity index (χ0) is 33.3. The molecule has 2 aromatic heterocycles. The minimum absolute atomic E-state index is 0.0691. The van der Waals surface area contributed by atoms with Gasteiger partial charge >= 0.3 is 12.1 Å². The maximum Gasteiger partial charge on any atom is 0.407 e. The Bertz CT molecular complexity index is 1720. The van der Waals surface area contributed by atoms with Crippen molar-refractivity contribution in [1.82, 2.24) is 24.8 Å². The lowest BCUT2D eigenvalue weighted by molar-refractivity contribution is 0.0502. The summed E-state index contributed by atoms with van der Waals surface area (Å²) < 4.78 is 38.3.